The number of benzene rings is 1. The number of hydrogen-bond acceptors (Lipinski definition) is 3. The predicted molar refractivity (Wildman–Crippen MR) is 76.3 cm³/mol. The normalized spacial score (nSPS) is 20.8. The molecule has 1 atom stereocenters. The zero-order valence-corrected chi connectivity index (χ0v) is 12.1. The quantitative estimate of drug-likeness (QED) is 0.921. The Morgan fingerprint density at radius 1 is 1.53 bits per heavy atom. The van der Waals surface area contributed by atoms with Gasteiger partial charge in [0, 0.05) is 30.7 Å². The fourth-order valence-corrected chi connectivity index (χ4v) is 2.35. The first-order valence-corrected chi connectivity index (χ1v) is 6.98. The van der Waals surface area contributed by atoms with Crippen LogP contribution < -0.4 is 5.32 Å². The number of anilines is 1. The van der Waals surface area contributed by atoms with E-state index in [0.29, 0.717) is 23.3 Å². The lowest BCUT2D eigenvalue weighted by Gasteiger charge is -2.35. The molecule has 0 bridgehead atoms. The van der Waals surface area contributed by atoms with Crippen molar-refractivity contribution < 1.29 is 9.13 Å². The van der Waals surface area contributed by atoms with Gasteiger partial charge in [0.05, 0.1) is 18.4 Å². The Bertz CT molecular complexity index is 428. The standard InChI is InChI=1S/C14H20ClFN2O/c1-10(2)18-5-6-19-12(9-18)8-17-14-4-3-11(15)7-13(14)16/h3-4,7,10,12,17H,5-6,8-9H2,1-2H3. The van der Waals surface area contributed by atoms with Gasteiger partial charge in [-0.15, -0.1) is 0 Å². The second-order valence-electron chi connectivity index (χ2n) is 5.09. The fourth-order valence-electron chi connectivity index (χ4n) is 2.19. The molecule has 1 unspecified atom stereocenters. The summed E-state index contributed by atoms with van der Waals surface area (Å²) < 4.78 is 19.3. The SMILES string of the molecule is CC(C)N1CCOC(CNc2ccc(Cl)cc2F)C1. The number of ether oxygens (including phenoxy) is 1. The van der Waals surface area contributed by atoms with Crippen molar-refractivity contribution in [2.24, 2.45) is 0 Å². The summed E-state index contributed by atoms with van der Waals surface area (Å²) in [5.74, 6) is -0.330. The number of rotatable bonds is 4. The van der Waals surface area contributed by atoms with E-state index in [9.17, 15) is 4.39 Å². The minimum Gasteiger partial charge on any atom is -0.380 e. The summed E-state index contributed by atoms with van der Waals surface area (Å²) in [7, 11) is 0. The van der Waals surface area contributed by atoms with Gasteiger partial charge in [0.2, 0.25) is 0 Å². The number of hydrogen-bond donors (Lipinski definition) is 1. The Kier molecular flexibility index (Phi) is 5.02. The van der Waals surface area contributed by atoms with Crippen molar-refractivity contribution in [3.63, 3.8) is 0 Å². The largest absolute Gasteiger partial charge is 0.380 e. The maximum absolute atomic E-state index is 13.6. The lowest BCUT2D eigenvalue weighted by Crippen LogP contribution is -2.48. The van der Waals surface area contributed by atoms with Crippen molar-refractivity contribution >= 4 is 17.3 Å². The van der Waals surface area contributed by atoms with Crippen LogP contribution in [0.15, 0.2) is 18.2 Å². The molecule has 106 valence electrons. The van der Waals surface area contributed by atoms with Crippen molar-refractivity contribution in [3.8, 4) is 0 Å². The average Bonchev–Trinajstić information content (AvgIpc) is 2.38. The summed E-state index contributed by atoms with van der Waals surface area (Å²) in [5, 5.41) is 3.49. The molecule has 1 N–H and O–H groups in total. The third-order valence-electron chi connectivity index (χ3n) is 3.35. The van der Waals surface area contributed by atoms with Gasteiger partial charge in [0.1, 0.15) is 5.82 Å². The van der Waals surface area contributed by atoms with Crippen LogP contribution >= 0.6 is 11.6 Å². The molecule has 1 heterocycles. The Labute approximate surface area is 118 Å². The molecule has 0 aromatic heterocycles. The van der Waals surface area contributed by atoms with E-state index in [-0.39, 0.29) is 11.9 Å². The van der Waals surface area contributed by atoms with E-state index in [4.69, 9.17) is 16.3 Å². The summed E-state index contributed by atoms with van der Waals surface area (Å²) in [4.78, 5) is 2.37. The van der Waals surface area contributed by atoms with Crippen LogP contribution in [0, 0.1) is 5.82 Å². The molecule has 1 aromatic rings. The molecule has 3 nitrogen and oxygen atoms in total. The molecule has 19 heavy (non-hydrogen) atoms. The first kappa shape index (κ1) is 14.6. The van der Waals surface area contributed by atoms with Gasteiger partial charge in [-0.25, -0.2) is 4.39 Å². The van der Waals surface area contributed by atoms with Crippen molar-refractivity contribution in [2.45, 2.75) is 26.0 Å². The first-order chi connectivity index (χ1) is 9.06. The van der Waals surface area contributed by atoms with Crippen molar-refractivity contribution in [2.75, 3.05) is 31.6 Å². The Morgan fingerprint density at radius 3 is 3.00 bits per heavy atom. The van der Waals surface area contributed by atoms with Crippen LogP contribution in [0.1, 0.15) is 13.8 Å². The van der Waals surface area contributed by atoms with Gasteiger partial charge in [-0.1, -0.05) is 11.6 Å². The van der Waals surface area contributed by atoms with Crippen molar-refractivity contribution in [3.05, 3.63) is 29.0 Å². The fraction of sp³-hybridized carbons (Fsp3) is 0.571. The van der Waals surface area contributed by atoms with Gasteiger partial charge >= 0.3 is 0 Å². The summed E-state index contributed by atoms with van der Waals surface area (Å²) in [5.41, 5.74) is 0.467. The van der Waals surface area contributed by atoms with E-state index in [0.717, 1.165) is 19.7 Å². The zero-order chi connectivity index (χ0) is 13.8. The average molecular weight is 287 g/mol. The van der Waals surface area contributed by atoms with Crippen LogP contribution in [0.5, 0.6) is 0 Å². The van der Waals surface area contributed by atoms with E-state index in [1.165, 1.54) is 6.07 Å². The molecule has 0 radical (unpaired) electrons. The smallest absolute Gasteiger partial charge is 0.147 e. The zero-order valence-electron chi connectivity index (χ0n) is 11.3. The monoisotopic (exact) mass is 286 g/mol. The number of nitrogens with zero attached hydrogens (tertiary/aromatic N) is 1. The first-order valence-electron chi connectivity index (χ1n) is 6.61. The predicted octanol–water partition coefficient (Wildman–Crippen LogP) is 3.00. The van der Waals surface area contributed by atoms with Crippen LogP contribution in [0.3, 0.4) is 0 Å². The van der Waals surface area contributed by atoms with E-state index in [1.54, 1.807) is 12.1 Å². The maximum Gasteiger partial charge on any atom is 0.147 e. The number of halogens is 2. The molecule has 1 aliphatic heterocycles. The van der Waals surface area contributed by atoms with Gasteiger partial charge < -0.3 is 10.1 Å². The summed E-state index contributed by atoms with van der Waals surface area (Å²) >= 11 is 5.72. The maximum atomic E-state index is 13.6. The van der Waals surface area contributed by atoms with E-state index >= 15 is 0 Å². The van der Waals surface area contributed by atoms with Gasteiger partial charge in [0.25, 0.3) is 0 Å². The molecule has 2 rings (SSSR count). The summed E-state index contributed by atoms with van der Waals surface area (Å²) in [6.07, 6.45) is 0.0891. The van der Waals surface area contributed by atoms with E-state index in [1.807, 2.05) is 0 Å². The lowest BCUT2D eigenvalue weighted by atomic mass is 10.2. The highest BCUT2D eigenvalue weighted by Crippen LogP contribution is 2.19. The minimum atomic E-state index is -0.330. The van der Waals surface area contributed by atoms with Gasteiger partial charge in [-0.2, -0.15) is 0 Å². The molecule has 1 aromatic carbocycles. The third kappa shape index (κ3) is 4.06. The Balaban J connectivity index is 1.88. The highest BCUT2D eigenvalue weighted by Gasteiger charge is 2.22. The molecular formula is C14H20ClFN2O. The Morgan fingerprint density at radius 2 is 2.32 bits per heavy atom. The topological polar surface area (TPSA) is 24.5 Å². The minimum absolute atomic E-state index is 0.0891. The Hall–Kier alpha value is -0.840. The van der Waals surface area contributed by atoms with Gasteiger partial charge in [0.15, 0.2) is 0 Å². The molecule has 0 amide bonds. The molecule has 0 spiro atoms. The van der Waals surface area contributed by atoms with Crippen LogP contribution in [0.2, 0.25) is 5.02 Å². The lowest BCUT2D eigenvalue weighted by molar-refractivity contribution is -0.0315. The number of nitrogens with one attached hydrogen (secondary N) is 1. The van der Waals surface area contributed by atoms with Crippen molar-refractivity contribution in [1.29, 1.82) is 0 Å². The third-order valence-corrected chi connectivity index (χ3v) is 3.59. The van der Waals surface area contributed by atoms with Crippen LogP contribution in [0.25, 0.3) is 0 Å². The van der Waals surface area contributed by atoms with Crippen LogP contribution in [-0.4, -0.2) is 43.3 Å². The van der Waals surface area contributed by atoms with Crippen molar-refractivity contribution in [1.82, 2.24) is 4.90 Å². The van der Waals surface area contributed by atoms with E-state index < -0.39 is 0 Å². The second kappa shape index (κ2) is 6.55. The van der Waals surface area contributed by atoms with Gasteiger partial charge in [-0.05, 0) is 32.0 Å². The number of morpholine rings is 1. The van der Waals surface area contributed by atoms with Crippen LogP contribution in [0.4, 0.5) is 10.1 Å². The molecular weight excluding hydrogens is 267 g/mol. The molecule has 0 aliphatic carbocycles. The molecule has 1 fully saturated rings. The molecule has 0 saturated carbocycles. The van der Waals surface area contributed by atoms with Gasteiger partial charge in [-0.3, -0.25) is 4.90 Å². The molecule has 5 heteroatoms. The van der Waals surface area contributed by atoms with Crippen LogP contribution in [-0.2, 0) is 4.74 Å². The van der Waals surface area contributed by atoms with E-state index in [2.05, 4.69) is 24.1 Å². The molecule has 1 saturated heterocycles. The summed E-state index contributed by atoms with van der Waals surface area (Å²) in [6, 6.07) is 5.15. The highest BCUT2D eigenvalue weighted by atomic mass is 35.5. The molecule has 1 aliphatic rings. The summed E-state index contributed by atoms with van der Waals surface area (Å²) in [6.45, 7) is 7.52. The second-order valence-corrected chi connectivity index (χ2v) is 5.52. The highest BCUT2D eigenvalue weighted by molar-refractivity contribution is 6.30.